The summed E-state index contributed by atoms with van der Waals surface area (Å²) in [6, 6.07) is 0. The summed E-state index contributed by atoms with van der Waals surface area (Å²) in [5.41, 5.74) is 1.02. The van der Waals surface area contributed by atoms with Crippen LogP contribution in [0.25, 0.3) is 0 Å². The Hall–Kier alpha value is -0.290. The normalized spacial score (nSPS) is 16.2. The third-order valence-electron chi connectivity index (χ3n) is 3.16. The molecule has 1 aliphatic carbocycles. The van der Waals surface area contributed by atoms with Crippen LogP contribution < -0.4 is 5.32 Å². The Morgan fingerprint density at radius 1 is 1.33 bits per heavy atom. The van der Waals surface area contributed by atoms with E-state index in [1.807, 2.05) is 18.7 Å². The van der Waals surface area contributed by atoms with E-state index in [9.17, 15) is 0 Å². The van der Waals surface area contributed by atoms with Crippen LogP contribution in [0.15, 0.2) is 4.47 Å². The molecule has 0 atom stereocenters. The van der Waals surface area contributed by atoms with Gasteiger partial charge in [-0.15, -0.1) is 0 Å². The van der Waals surface area contributed by atoms with Crippen molar-refractivity contribution in [2.24, 2.45) is 0 Å². The fraction of sp³-hybridized carbons (Fsp3) is 0.692. The minimum atomic E-state index is 0.820. The molecule has 0 radical (unpaired) electrons. The number of anilines is 1. The molecule has 1 aliphatic rings. The third-order valence-corrected chi connectivity index (χ3v) is 5.47. The fourth-order valence-corrected chi connectivity index (χ4v) is 3.71. The lowest BCUT2D eigenvalue weighted by Gasteiger charge is -2.11. The quantitative estimate of drug-likeness (QED) is 0.880. The molecule has 1 aromatic rings. The van der Waals surface area contributed by atoms with Crippen LogP contribution in [0.5, 0.6) is 0 Å². The minimum Gasteiger partial charge on any atom is -0.369 e. The van der Waals surface area contributed by atoms with Gasteiger partial charge in [0.05, 0.1) is 15.9 Å². The maximum absolute atomic E-state index is 4.59. The Morgan fingerprint density at radius 2 is 2.06 bits per heavy atom. The van der Waals surface area contributed by atoms with Crippen molar-refractivity contribution in [1.82, 2.24) is 9.97 Å². The summed E-state index contributed by atoms with van der Waals surface area (Å²) in [5, 5.41) is 4.10. The van der Waals surface area contributed by atoms with Crippen molar-refractivity contribution in [2.75, 3.05) is 11.9 Å². The van der Waals surface area contributed by atoms with E-state index in [1.54, 1.807) is 0 Å². The smallest absolute Gasteiger partial charge is 0.144 e. The van der Waals surface area contributed by atoms with Gasteiger partial charge >= 0.3 is 0 Å². The number of aromatic nitrogens is 2. The molecule has 1 fully saturated rings. The fourth-order valence-electron chi connectivity index (χ4n) is 2.21. The molecule has 2 rings (SSSR count). The number of thioether (sulfide) groups is 1. The zero-order valence-electron chi connectivity index (χ0n) is 11.0. The molecule has 0 unspecified atom stereocenters. The summed E-state index contributed by atoms with van der Waals surface area (Å²) in [4.78, 5) is 9.15. The SMILES string of the molecule is CCNc1nc(CSC2CCCC2)nc(C)c1Br. The highest BCUT2D eigenvalue weighted by atomic mass is 79.9. The van der Waals surface area contributed by atoms with Crippen LogP contribution in [0.3, 0.4) is 0 Å². The first-order valence-electron chi connectivity index (χ1n) is 6.59. The van der Waals surface area contributed by atoms with Crippen LogP contribution in [0, 0.1) is 6.92 Å². The molecular formula is C13H20BrN3S. The maximum atomic E-state index is 4.59. The van der Waals surface area contributed by atoms with Gasteiger partial charge in [-0.3, -0.25) is 0 Å². The van der Waals surface area contributed by atoms with Crippen molar-refractivity contribution in [1.29, 1.82) is 0 Å². The van der Waals surface area contributed by atoms with Gasteiger partial charge in [-0.05, 0) is 42.6 Å². The summed E-state index contributed by atoms with van der Waals surface area (Å²) >= 11 is 5.55. The largest absolute Gasteiger partial charge is 0.369 e. The molecule has 1 N–H and O–H groups in total. The average molecular weight is 330 g/mol. The molecule has 18 heavy (non-hydrogen) atoms. The lowest BCUT2D eigenvalue weighted by molar-refractivity contribution is 0.886. The van der Waals surface area contributed by atoms with E-state index in [0.29, 0.717) is 0 Å². The Balaban J connectivity index is 2.02. The summed E-state index contributed by atoms with van der Waals surface area (Å²) < 4.78 is 0.985. The Labute approximate surface area is 122 Å². The van der Waals surface area contributed by atoms with Crippen LogP contribution in [0.1, 0.15) is 44.1 Å². The number of halogens is 1. The zero-order valence-corrected chi connectivity index (χ0v) is 13.4. The van der Waals surface area contributed by atoms with Crippen LogP contribution in [0.4, 0.5) is 5.82 Å². The average Bonchev–Trinajstić information content (AvgIpc) is 2.86. The molecule has 0 spiro atoms. The highest BCUT2D eigenvalue weighted by Gasteiger charge is 2.16. The van der Waals surface area contributed by atoms with Gasteiger partial charge < -0.3 is 5.32 Å². The molecule has 0 saturated heterocycles. The van der Waals surface area contributed by atoms with E-state index in [1.165, 1.54) is 25.7 Å². The Bertz CT molecular complexity index is 405. The van der Waals surface area contributed by atoms with E-state index >= 15 is 0 Å². The first-order valence-corrected chi connectivity index (χ1v) is 8.43. The molecule has 0 bridgehead atoms. The Morgan fingerprint density at radius 3 is 2.72 bits per heavy atom. The van der Waals surface area contributed by atoms with E-state index in [0.717, 1.165) is 39.4 Å². The number of nitrogens with one attached hydrogen (secondary N) is 1. The van der Waals surface area contributed by atoms with Crippen molar-refractivity contribution in [2.45, 2.75) is 50.5 Å². The lowest BCUT2D eigenvalue weighted by atomic mass is 10.4. The molecule has 1 saturated carbocycles. The van der Waals surface area contributed by atoms with E-state index in [4.69, 9.17) is 0 Å². The number of nitrogens with zero attached hydrogens (tertiary/aromatic N) is 2. The molecular weight excluding hydrogens is 310 g/mol. The van der Waals surface area contributed by atoms with Gasteiger partial charge in [0.1, 0.15) is 11.6 Å². The van der Waals surface area contributed by atoms with Gasteiger partial charge in [-0.2, -0.15) is 11.8 Å². The summed E-state index contributed by atoms with van der Waals surface area (Å²) in [6.45, 7) is 4.98. The molecule has 1 heterocycles. The predicted octanol–water partition coefficient (Wildman–Crippen LogP) is 4.16. The van der Waals surface area contributed by atoms with Crippen molar-refractivity contribution < 1.29 is 0 Å². The second kappa shape index (κ2) is 6.75. The Kier molecular flexibility index (Phi) is 5.30. The van der Waals surface area contributed by atoms with Gasteiger partial charge in [0.15, 0.2) is 0 Å². The first-order chi connectivity index (χ1) is 8.70. The molecule has 3 nitrogen and oxygen atoms in total. The zero-order chi connectivity index (χ0) is 13.0. The highest BCUT2D eigenvalue weighted by Crippen LogP contribution is 2.32. The van der Waals surface area contributed by atoms with Crippen molar-refractivity contribution >= 4 is 33.5 Å². The topological polar surface area (TPSA) is 37.8 Å². The van der Waals surface area contributed by atoms with Crippen LogP contribution in [-0.4, -0.2) is 21.8 Å². The molecule has 0 aromatic carbocycles. The van der Waals surface area contributed by atoms with Gasteiger partial charge in [0, 0.05) is 11.8 Å². The number of rotatable bonds is 5. The van der Waals surface area contributed by atoms with E-state index in [-0.39, 0.29) is 0 Å². The van der Waals surface area contributed by atoms with Gasteiger partial charge in [0.2, 0.25) is 0 Å². The first kappa shape index (κ1) is 14.1. The summed E-state index contributed by atoms with van der Waals surface area (Å²) in [7, 11) is 0. The van der Waals surface area contributed by atoms with Crippen LogP contribution in [-0.2, 0) is 5.75 Å². The van der Waals surface area contributed by atoms with Gasteiger partial charge in [-0.1, -0.05) is 12.8 Å². The third kappa shape index (κ3) is 3.60. The van der Waals surface area contributed by atoms with Gasteiger partial charge in [0.25, 0.3) is 0 Å². The standard InChI is InChI=1S/C13H20BrN3S/c1-3-15-13-12(14)9(2)16-11(17-13)8-18-10-6-4-5-7-10/h10H,3-8H2,1-2H3,(H,15,16,17). The summed E-state index contributed by atoms with van der Waals surface area (Å²) in [5.74, 6) is 2.80. The number of hydrogen-bond acceptors (Lipinski definition) is 4. The second-order valence-electron chi connectivity index (χ2n) is 4.64. The monoisotopic (exact) mass is 329 g/mol. The minimum absolute atomic E-state index is 0.820. The highest BCUT2D eigenvalue weighted by molar-refractivity contribution is 9.10. The number of aryl methyl sites for hydroxylation is 1. The summed E-state index contributed by atoms with van der Waals surface area (Å²) in [6.07, 6.45) is 5.50. The van der Waals surface area contributed by atoms with Crippen molar-refractivity contribution in [3.63, 3.8) is 0 Å². The van der Waals surface area contributed by atoms with Crippen LogP contribution >= 0.6 is 27.7 Å². The van der Waals surface area contributed by atoms with Crippen molar-refractivity contribution in [3.8, 4) is 0 Å². The molecule has 5 heteroatoms. The van der Waals surface area contributed by atoms with Crippen molar-refractivity contribution in [3.05, 3.63) is 16.0 Å². The van der Waals surface area contributed by atoms with E-state index < -0.39 is 0 Å². The van der Waals surface area contributed by atoms with Crippen LogP contribution in [0.2, 0.25) is 0 Å². The van der Waals surface area contributed by atoms with E-state index in [2.05, 4.69) is 38.1 Å². The second-order valence-corrected chi connectivity index (χ2v) is 6.72. The van der Waals surface area contributed by atoms with Gasteiger partial charge in [-0.25, -0.2) is 9.97 Å². The molecule has 0 aliphatic heterocycles. The predicted molar refractivity (Wildman–Crippen MR) is 82.2 cm³/mol. The molecule has 0 amide bonds. The molecule has 1 aromatic heterocycles. The molecule has 100 valence electrons. The maximum Gasteiger partial charge on any atom is 0.144 e. The number of hydrogen-bond donors (Lipinski definition) is 1. The lowest BCUT2D eigenvalue weighted by Crippen LogP contribution is -2.06.